The van der Waals surface area contributed by atoms with Crippen LogP contribution in [0.5, 0.6) is 0 Å². The minimum atomic E-state index is 0.914. The van der Waals surface area contributed by atoms with Crippen LogP contribution in [0.2, 0.25) is 0 Å². The Morgan fingerprint density at radius 3 is 3.11 bits per heavy atom. The molecule has 3 nitrogen and oxygen atoms in total. The molecule has 19 heavy (non-hydrogen) atoms. The van der Waals surface area contributed by atoms with Crippen LogP contribution in [0.4, 0.5) is 5.69 Å². The minimum absolute atomic E-state index is 0.914. The van der Waals surface area contributed by atoms with E-state index in [1.807, 2.05) is 12.1 Å². The Morgan fingerprint density at radius 1 is 1.21 bits per heavy atom. The number of rotatable bonds is 5. The van der Waals surface area contributed by atoms with E-state index in [1.54, 1.807) is 6.26 Å². The van der Waals surface area contributed by atoms with Gasteiger partial charge in [-0.1, -0.05) is 18.2 Å². The van der Waals surface area contributed by atoms with E-state index in [0.717, 1.165) is 31.8 Å². The average molecular weight is 256 g/mol. The van der Waals surface area contributed by atoms with E-state index >= 15 is 0 Å². The van der Waals surface area contributed by atoms with Crippen molar-refractivity contribution >= 4 is 5.69 Å². The summed E-state index contributed by atoms with van der Waals surface area (Å²) in [6.45, 7) is 2.95. The fourth-order valence-electron chi connectivity index (χ4n) is 2.62. The van der Waals surface area contributed by atoms with Gasteiger partial charge in [0, 0.05) is 31.7 Å². The quantitative estimate of drug-likeness (QED) is 0.808. The first-order chi connectivity index (χ1) is 9.43. The van der Waals surface area contributed by atoms with Gasteiger partial charge in [-0.2, -0.15) is 0 Å². The molecule has 2 heterocycles. The smallest absolute Gasteiger partial charge is 0.105 e. The molecule has 1 aromatic carbocycles. The van der Waals surface area contributed by atoms with Crippen molar-refractivity contribution in [2.75, 3.05) is 18.4 Å². The second kappa shape index (κ2) is 5.93. The van der Waals surface area contributed by atoms with Gasteiger partial charge >= 0.3 is 0 Å². The molecule has 1 aromatic heterocycles. The van der Waals surface area contributed by atoms with E-state index in [-0.39, 0.29) is 0 Å². The van der Waals surface area contributed by atoms with Crippen molar-refractivity contribution in [2.24, 2.45) is 0 Å². The number of nitrogens with one attached hydrogen (secondary N) is 2. The molecule has 3 heteroatoms. The summed E-state index contributed by atoms with van der Waals surface area (Å²) in [7, 11) is 0. The Balaban J connectivity index is 1.55. The number of para-hydroxylation sites is 1. The molecule has 0 saturated heterocycles. The average Bonchev–Trinajstić information content (AvgIpc) is 2.97. The number of aryl methyl sites for hydroxylation is 1. The van der Waals surface area contributed by atoms with E-state index < -0.39 is 0 Å². The zero-order valence-electron chi connectivity index (χ0n) is 11.1. The van der Waals surface area contributed by atoms with Gasteiger partial charge in [0.1, 0.15) is 5.76 Å². The first kappa shape index (κ1) is 12.3. The summed E-state index contributed by atoms with van der Waals surface area (Å²) in [5, 5.41) is 7.02. The highest BCUT2D eigenvalue weighted by Crippen LogP contribution is 2.25. The maximum Gasteiger partial charge on any atom is 0.105 e. The number of fused-ring (bicyclic) bond motifs is 1. The van der Waals surface area contributed by atoms with Crippen LogP contribution in [0, 0.1) is 0 Å². The molecular formula is C16H20N2O. The van der Waals surface area contributed by atoms with Gasteiger partial charge in [-0.3, -0.25) is 0 Å². The number of benzene rings is 1. The summed E-state index contributed by atoms with van der Waals surface area (Å²) in [4.78, 5) is 0. The van der Waals surface area contributed by atoms with Crippen LogP contribution >= 0.6 is 0 Å². The van der Waals surface area contributed by atoms with E-state index in [9.17, 15) is 0 Å². The Bertz CT molecular complexity index is 520. The standard InChI is InChI=1S/C16H20N2O/c1-4-13-6-2-9-18-16(13)14(5-1)12-17-10-8-15-7-3-11-19-15/h1,3-5,7,11,17-18H,2,6,8-10,12H2. The van der Waals surface area contributed by atoms with Crippen molar-refractivity contribution in [3.05, 3.63) is 53.5 Å². The SMILES string of the molecule is c1coc(CCNCc2cccc3c2NCCC3)c1. The molecular weight excluding hydrogens is 236 g/mol. The van der Waals surface area contributed by atoms with Gasteiger partial charge in [-0.15, -0.1) is 0 Å². The Kier molecular flexibility index (Phi) is 3.84. The first-order valence-electron chi connectivity index (χ1n) is 7.01. The fourth-order valence-corrected chi connectivity index (χ4v) is 2.62. The van der Waals surface area contributed by atoms with Crippen molar-refractivity contribution in [3.63, 3.8) is 0 Å². The molecule has 2 aromatic rings. The topological polar surface area (TPSA) is 37.2 Å². The predicted octanol–water partition coefficient (Wildman–Crippen LogP) is 2.97. The Hall–Kier alpha value is -1.74. The highest BCUT2D eigenvalue weighted by Gasteiger charge is 2.11. The molecule has 0 bridgehead atoms. The third kappa shape index (κ3) is 2.99. The summed E-state index contributed by atoms with van der Waals surface area (Å²) in [6, 6.07) is 10.6. The summed E-state index contributed by atoms with van der Waals surface area (Å²) in [5.74, 6) is 1.04. The Labute approximate surface area is 114 Å². The van der Waals surface area contributed by atoms with Gasteiger partial charge in [0.15, 0.2) is 0 Å². The normalized spacial score (nSPS) is 13.9. The van der Waals surface area contributed by atoms with Crippen LogP contribution in [-0.2, 0) is 19.4 Å². The van der Waals surface area contributed by atoms with Gasteiger partial charge < -0.3 is 15.1 Å². The zero-order valence-corrected chi connectivity index (χ0v) is 11.1. The minimum Gasteiger partial charge on any atom is -0.469 e. The lowest BCUT2D eigenvalue weighted by molar-refractivity contribution is 0.499. The van der Waals surface area contributed by atoms with Gasteiger partial charge in [0.25, 0.3) is 0 Å². The molecule has 3 rings (SSSR count). The van der Waals surface area contributed by atoms with E-state index in [2.05, 4.69) is 28.8 Å². The third-order valence-corrected chi connectivity index (χ3v) is 3.61. The highest BCUT2D eigenvalue weighted by atomic mass is 16.3. The monoisotopic (exact) mass is 256 g/mol. The molecule has 0 spiro atoms. The van der Waals surface area contributed by atoms with E-state index in [1.165, 1.54) is 29.7 Å². The lowest BCUT2D eigenvalue weighted by Gasteiger charge is -2.21. The highest BCUT2D eigenvalue weighted by molar-refractivity contribution is 5.59. The van der Waals surface area contributed by atoms with Gasteiger partial charge in [-0.05, 0) is 36.1 Å². The molecule has 100 valence electrons. The number of hydrogen-bond donors (Lipinski definition) is 2. The molecule has 1 aliphatic rings. The lowest BCUT2D eigenvalue weighted by atomic mass is 9.99. The maximum atomic E-state index is 5.32. The number of anilines is 1. The van der Waals surface area contributed by atoms with Crippen LogP contribution in [0.15, 0.2) is 41.0 Å². The molecule has 0 saturated carbocycles. The van der Waals surface area contributed by atoms with Crippen LogP contribution in [0.3, 0.4) is 0 Å². The summed E-state index contributed by atoms with van der Waals surface area (Å²) < 4.78 is 5.32. The molecule has 0 unspecified atom stereocenters. The molecule has 0 fully saturated rings. The van der Waals surface area contributed by atoms with Crippen molar-refractivity contribution in [2.45, 2.75) is 25.8 Å². The summed E-state index contributed by atoms with van der Waals surface area (Å²) in [5.41, 5.74) is 4.17. The summed E-state index contributed by atoms with van der Waals surface area (Å²) in [6.07, 6.45) is 5.10. The second-order valence-electron chi connectivity index (χ2n) is 4.99. The van der Waals surface area contributed by atoms with E-state index in [0.29, 0.717) is 0 Å². The molecule has 0 amide bonds. The van der Waals surface area contributed by atoms with Crippen LogP contribution in [0.1, 0.15) is 23.3 Å². The van der Waals surface area contributed by atoms with Gasteiger partial charge in [-0.25, -0.2) is 0 Å². The van der Waals surface area contributed by atoms with Crippen LogP contribution < -0.4 is 10.6 Å². The van der Waals surface area contributed by atoms with E-state index in [4.69, 9.17) is 4.42 Å². The van der Waals surface area contributed by atoms with Crippen molar-refractivity contribution < 1.29 is 4.42 Å². The molecule has 0 atom stereocenters. The van der Waals surface area contributed by atoms with Crippen LogP contribution in [-0.4, -0.2) is 13.1 Å². The maximum absolute atomic E-state index is 5.32. The van der Waals surface area contributed by atoms with Gasteiger partial charge in [0.05, 0.1) is 6.26 Å². The molecule has 2 N–H and O–H groups in total. The van der Waals surface area contributed by atoms with Crippen molar-refractivity contribution in [1.29, 1.82) is 0 Å². The third-order valence-electron chi connectivity index (χ3n) is 3.61. The largest absolute Gasteiger partial charge is 0.469 e. The number of hydrogen-bond acceptors (Lipinski definition) is 3. The van der Waals surface area contributed by atoms with Crippen molar-refractivity contribution in [3.8, 4) is 0 Å². The molecule has 1 aliphatic heterocycles. The Morgan fingerprint density at radius 2 is 2.21 bits per heavy atom. The number of furan rings is 1. The van der Waals surface area contributed by atoms with Crippen molar-refractivity contribution in [1.82, 2.24) is 5.32 Å². The fraction of sp³-hybridized carbons (Fsp3) is 0.375. The van der Waals surface area contributed by atoms with Gasteiger partial charge in [0.2, 0.25) is 0 Å². The van der Waals surface area contributed by atoms with Crippen LogP contribution in [0.25, 0.3) is 0 Å². The summed E-state index contributed by atoms with van der Waals surface area (Å²) >= 11 is 0. The molecule has 0 aliphatic carbocycles. The zero-order chi connectivity index (χ0) is 12.9. The first-order valence-corrected chi connectivity index (χ1v) is 7.01. The lowest BCUT2D eigenvalue weighted by Crippen LogP contribution is -2.20. The molecule has 0 radical (unpaired) electrons. The second-order valence-corrected chi connectivity index (χ2v) is 4.99. The predicted molar refractivity (Wildman–Crippen MR) is 77.4 cm³/mol.